The number of hydrogen-bond donors (Lipinski definition) is 1. The highest BCUT2D eigenvalue weighted by Gasteiger charge is 2.22. The summed E-state index contributed by atoms with van der Waals surface area (Å²) < 4.78 is 16.2. The van der Waals surface area contributed by atoms with E-state index in [-0.39, 0.29) is 6.10 Å². The van der Waals surface area contributed by atoms with E-state index in [0.717, 1.165) is 11.1 Å². The molecule has 20 heavy (non-hydrogen) atoms. The van der Waals surface area contributed by atoms with E-state index in [0.29, 0.717) is 44.5 Å². The van der Waals surface area contributed by atoms with Crippen LogP contribution >= 0.6 is 0 Å². The fourth-order valence-electron chi connectivity index (χ4n) is 2.20. The summed E-state index contributed by atoms with van der Waals surface area (Å²) in [5, 5.41) is 3.97. The Bertz CT molecular complexity index is 564. The minimum Gasteiger partial charge on any atom is -0.376 e. The van der Waals surface area contributed by atoms with Crippen LogP contribution in [-0.2, 0) is 22.4 Å². The summed E-state index contributed by atoms with van der Waals surface area (Å²) in [5.74, 6) is 1.11. The summed E-state index contributed by atoms with van der Waals surface area (Å²) >= 11 is 0. The molecule has 1 aliphatic heterocycles. The molecule has 1 aromatic carbocycles. The number of ether oxygens (including phenoxy) is 2. The van der Waals surface area contributed by atoms with Gasteiger partial charge in [-0.3, -0.25) is 0 Å². The Balaban J connectivity index is 1.73. The van der Waals surface area contributed by atoms with E-state index in [4.69, 9.17) is 19.7 Å². The van der Waals surface area contributed by atoms with Gasteiger partial charge in [-0.2, -0.15) is 4.98 Å². The van der Waals surface area contributed by atoms with Crippen LogP contribution in [0.3, 0.4) is 0 Å². The summed E-state index contributed by atoms with van der Waals surface area (Å²) in [6.45, 7) is 2.14. The molecule has 2 aromatic rings. The molecule has 2 heterocycles. The molecule has 0 radical (unpaired) electrons. The molecule has 0 aliphatic carbocycles. The Morgan fingerprint density at radius 1 is 1.20 bits per heavy atom. The predicted molar refractivity (Wildman–Crippen MR) is 70.9 cm³/mol. The van der Waals surface area contributed by atoms with Crippen molar-refractivity contribution >= 4 is 0 Å². The zero-order valence-corrected chi connectivity index (χ0v) is 11.1. The average molecular weight is 275 g/mol. The third-order valence-corrected chi connectivity index (χ3v) is 3.27. The van der Waals surface area contributed by atoms with E-state index in [9.17, 15) is 0 Å². The van der Waals surface area contributed by atoms with Crippen molar-refractivity contribution in [3.8, 4) is 0 Å². The Morgan fingerprint density at radius 3 is 2.80 bits per heavy atom. The van der Waals surface area contributed by atoms with Crippen LogP contribution in [0.2, 0.25) is 0 Å². The number of hydrogen-bond acceptors (Lipinski definition) is 6. The number of benzene rings is 1. The summed E-state index contributed by atoms with van der Waals surface area (Å²) in [4.78, 5) is 4.38. The van der Waals surface area contributed by atoms with Crippen molar-refractivity contribution in [2.45, 2.75) is 19.1 Å². The lowest BCUT2D eigenvalue weighted by Crippen LogP contribution is -2.22. The monoisotopic (exact) mass is 275 g/mol. The molecule has 3 rings (SSSR count). The van der Waals surface area contributed by atoms with E-state index in [1.165, 1.54) is 0 Å². The summed E-state index contributed by atoms with van der Waals surface area (Å²) in [6.07, 6.45) is 0.347. The molecule has 1 atom stereocenters. The van der Waals surface area contributed by atoms with Crippen molar-refractivity contribution in [3.05, 3.63) is 47.1 Å². The Labute approximate surface area is 116 Å². The van der Waals surface area contributed by atoms with Gasteiger partial charge in [0.15, 0.2) is 0 Å². The third kappa shape index (κ3) is 2.87. The molecule has 2 N–H and O–H groups in total. The average Bonchev–Trinajstić information content (AvgIpc) is 2.97. The molecule has 0 bridgehead atoms. The smallest absolute Gasteiger partial charge is 0.231 e. The maximum Gasteiger partial charge on any atom is 0.231 e. The van der Waals surface area contributed by atoms with E-state index in [1.54, 1.807) is 0 Å². The van der Waals surface area contributed by atoms with Crippen molar-refractivity contribution in [3.63, 3.8) is 0 Å². The van der Waals surface area contributed by atoms with Crippen molar-refractivity contribution in [2.75, 3.05) is 19.8 Å². The van der Waals surface area contributed by atoms with Crippen LogP contribution in [0.5, 0.6) is 0 Å². The van der Waals surface area contributed by atoms with Crippen molar-refractivity contribution in [1.29, 1.82) is 0 Å². The van der Waals surface area contributed by atoms with Gasteiger partial charge in [0.1, 0.15) is 6.10 Å². The van der Waals surface area contributed by atoms with E-state index >= 15 is 0 Å². The lowest BCUT2D eigenvalue weighted by Gasteiger charge is -2.19. The van der Waals surface area contributed by atoms with Crippen molar-refractivity contribution in [1.82, 2.24) is 10.1 Å². The van der Waals surface area contributed by atoms with Gasteiger partial charge in [0.05, 0.1) is 26.2 Å². The summed E-state index contributed by atoms with van der Waals surface area (Å²) in [6, 6.07) is 7.97. The molecule has 1 saturated heterocycles. The molecular weight excluding hydrogens is 258 g/mol. The molecule has 1 fully saturated rings. The van der Waals surface area contributed by atoms with Crippen LogP contribution in [0.15, 0.2) is 28.8 Å². The van der Waals surface area contributed by atoms with Gasteiger partial charge in [0.25, 0.3) is 0 Å². The van der Waals surface area contributed by atoms with E-state index in [1.807, 2.05) is 24.3 Å². The van der Waals surface area contributed by atoms with Gasteiger partial charge < -0.3 is 19.7 Å². The molecule has 1 unspecified atom stereocenters. The topological polar surface area (TPSA) is 83.4 Å². The fourth-order valence-corrected chi connectivity index (χ4v) is 2.20. The van der Waals surface area contributed by atoms with Crippen molar-refractivity contribution < 1.29 is 14.0 Å². The maximum atomic E-state index is 5.72. The highest BCUT2D eigenvalue weighted by atomic mass is 16.6. The molecule has 0 spiro atoms. The largest absolute Gasteiger partial charge is 0.376 e. The quantitative estimate of drug-likeness (QED) is 0.903. The zero-order chi connectivity index (χ0) is 13.8. The molecular formula is C14H17N3O3. The standard InChI is InChI=1S/C14H17N3O3/c15-8-11-4-2-1-3-10(11)7-13-16-14(17-20-13)12-9-18-5-6-19-12/h1-4,12H,5-9,15H2. The lowest BCUT2D eigenvalue weighted by molar-refractivity contribution is -0.0941. The van der Waals surface area contributed by atoms with Gasteiger partial charge in [-0.25, -0.2) is 0 Å². The Morgan fingerprint density at radius 2 is 2.05 bits per heavy atom. The number of nitrogens with zero attached hydrogens (tertiary/aromatic N) is 2. The second-order valence-electron chi connectivity index (χ2n) is 4.63. The van der Waals surface area contributed by atoms with Gasteiger partial charge in [-0.15, -0.1) is 0 Å². The fraction of sp³-hybridized carbons (Fsp3) is 0.429. The van der Waals surface area contributed by atoms with Gasteiger partial charge in [0, 0.05) is 6.54 Å². The Hall–Kier alpha value is -1.76. The highest BCUT2D eigenvalue weighted by molar-refractivity contribution is 5.29. The van der Waals surface area contributed by atoms with Gasteiger partial charge >= 0.3 is 0 Å². The van der Waals surface area contributed by atoms with Crippen LogP contribution in [-0.4, -0.2) is 30.0 Å². The second kappa shape index (κ2) is 6.13. The Kier molecular flexibility index (Phi) is 4.05. The van der Waals surface area contributed by atoms with Gasteiger partial charge in [0.2, 0.25) is 11.7 Å². The first-order valence-electron chi connectivity index (χ1n) is 6.65. The van der Waals surface area contributed by atoms with Gasteiger partial charge in [-0.05, 0) is 11.1 Å². The van der Waals surface area contributed by atoms with E-state index < -0.39 is 0 Å². The van der Waals surface area contributed by atoms with Crippen LogP contribution in [0.1, 0.15) is 28.9 Å². The molecule has 106 valence electrons. The van der Waals surface area contributed by atoms with Gasteiger partial charge in [-0.1, -0.05) is 29.4 Å². The summed E-state index contributed by atoms with van der Waals surface area (Å²) in [7, 11) is 0. The molecule has 6 heteroatoms. The SMILES string of the molecule is NCc1ccccc1Cc1nc(C2COCCO2)no1. The first-order chi connectivity index (χ1) is 9.86. The zero-order valence-electron chi connectivity index (χ0n) is 11.1. The molecule has 6 nitrogen and oxygen atoms in total. The van der Waals surface area contributed by atoms with Crippen LogP contribution in [0, 0.1) is 0 Å². The summed E-state index contributed by atoms with van der Waals surface area (Å²) in [5.41, 5.74) is 7.91. The minimum atomic E-state index is -0.231. The van der Waals surface area contributed by atoms with Crippen LogP contribution in [0.4, 0.5) is 0 Å². The molecule has 0 amide bonds. The van der Waals surface area contributed by atoms with Crippen molar-refractivity contribution in [2.24, 2.45) is 5.73 Å². The number of nitrogens with two attached hydrogens (primary N) is 1. The lowest BCUT2D eigenvalue weighted by atomic mass is 10.0. The second-order valence-corrected chi connectivity index (χ2v) is 4.63. The first kappa shape index (κ1) is 13.2. The third-order valence-electron chi connectivity index (χ3n) is 3.27. The normalized spacial score (nSPS) is 19.1. The maximum absolute atomic E-state index is 5.72. The molecule has 1 aromatic heterocycles. The molecule has 0 saturated carbocycles. The minimum absolute atomic E-state index is 0.231. The van der Waals surface area contributed by atoms with Crippen LogP contribution < -0.4 is 5.73 Å². The van der Waals surface area contributed by atoms with E-state index in [2.05, 4.69) is 10.1 Å². The number of aromatic nitrogens is 2. The molecule has 1 aliphatic rings. The van der Waals surface area contributed by atoms with Crippen LogP contribution in [0.25, 0.3) is 0 Å². The number of rotatable bonds is 4. The first-order valence-corrected chi connectivity index (χ1v) is 6.65. The highest BCUT2D eigenvalue weighted by Crippen LogP contribution is 2.19. The predicted octanol–water partition coefficient (Wildman–Crippen LogP) is 1.21.